The third kappa shape index (κ3) is 3.85. The molecule has 1 aromatic carbocycles. The fraction of sp³-hybridized carbons (Fsp3) is 0.267. The summed E-state index contributed by atoms with van der Waals surface area (Å²) in [6.07, 6.45) is 1.53. The molecule has 1 amide bonds. The molecule has 0 aliphatic heterocycles. The molecule has 2 rings (SSSR count). The van der Waals surface area contributed by atoms with Crippen LogP contribution in [-0.2, 0) is 0 Å². The molecular formula is C15H18N4O3. The van der Waals surface area contributed by atoms with Gasteiger partial charge in [0.25, 0.3) is 5.91 Å². The molecule has 7 heteroatoms. The number of ether oxygens (including phenoxy) is 2. The smallest absolute Gasteiger partial charge is 0.291 e. The van der Waals surface area contributed by atoms with Crippen LogP contribution < -0.4 is 14.9 Å². The van der Waals surface area contributed by atoms with E-state index in [1.165, 1.54) is 6.21 Å². The Labute approximate surface area is 128 Å². The number of benzene rings is 1. The summed E-state index contributed by atoms with van der Waals surface area (Å²) in [4.78, 5) is 11.8. The number of nitrogens with zero attached hydrogens (tertiary/aromatic N) is 2. The second kappa shape index (κ2) is 7.26. The zero-order valence-electron chi connectivity index (χ0n) is 12.7. The molecule has 2 N–H and O–H groups in total. The van der Waals surface area contributed by atoms with Gasteiger partial charge in [-0.15, -0.1) is 0 Å². The number of aryl methyl sites for hydroxylation is 1. The molecular weight excluding hydrogens is 284 g/mol. The zero-order chi connectivity index (χ0) is 15.9. The van der Waals surface area contributed by atoms with Gasteiger partial charge in [-0.2, -0.15) is 10.2 Å². The van der Waals surface area contributed by atoms with E-state index in [1.807, 2.05) is 19.9 Å². The third-order valence-electron chi connectivity index (χ3n) is 2.81. The van der Waals surface area contributed by atoms with Crippen molar-refractivity contribution in [2.45, 2.75) is 13.8 Å². The van der Waals surface area contributed by atoms with Gasteiger partial charge >= 0.3 is 0 Å². The first kappa shape index (κ1) is 15.6. The molecule has 1 aromatic heterocycles. The fourth-order valence-electron chi connectivity index (χ4n) is 1.80. The predicted octanol–water partition coefficient (Wildman–Crippen LogP) is 1.89. The van der Waals surface area contributed by atoms with E-state index in [1.54, 1.807) is 25.3 Å². The fourth-order valence-corrected chi connectivity index (χ4v) is 1.80. The van der Waals surface area contributed by atoms with Crippen LogP contribution in [0, 0.1) is 6.92 Å². The summed E-state index contributed by atoms with van der Waals surface area (Å²) >= 11 is 0. The van der Waals surface area contributed by atoms with Crippen molar-refractivity contribution in [2.24, 2.45) is 5.10 Å². The molecule has 1 heterocycles. The number of amides is 1. The number of nitrogens with one attached hydrogen (secondary N) is 2. The molecule has 0 atom stereocenters. The van der Waals surface area contributed by atoms with Crippen molar-refractivity contribution in [3.8, 4) is 11.5 Å². The number of H-pyrrole nitrogens is 1. The van der Waals surface area contributed by atoms with Gasteiger partial charge < -0.3 is 9.47 Å². The molecule has 2 aromatic rings. The van der Waals surface area contributed by atoms with E-state index in [-0.39, 0.29) is 5.91 Å². The maximum absolute atomic E-state index is 11.8. The van der Waals surface area contributed by atoms with E-state index < -0.39 is 0 Å². The predicted molar refractivity (Wildman–Crippen MR) is 82.5 cm³/mol. The van der Waals surface area contributed by atoms with E-state index in [4.69, 9.17) is 9.47 Å². The monoisotopic (exact) mass is 302 g/mol. The standard InChI is InChI=1S/C15H18N4O3/c1-4-22-14-8-11(5-6-13(14)21-3)9-16-19-15(20)12-7-10(2)17-18-12/h5-9H,4H2,1-3H3,(H,17,18)(H,19,20)/b16-9+. The average Bonchev–Trinajstić information content (AvgIpc) is 2.94. The second-order valence-corrected chi connectivity index (χ2v) is 4.48. The molecule has 0 saturated heterocycles. The van der Waals surface area contributed by atoms with Gasteiger partial charge in [0.1, 0.15) is 0 Å². The SMILES string of the molecule is CCOc1cc(/C=N/NC(=O)c2cc(C)[nH]n2)ccc1OC. The quantitative estimate of drug-likeness (QED) is 0.630. The molecule has 7 nitrogen and oxygen atoms in total. The van der Waals surface area contributed by atoms with Crippen molar-refractivity contribution in [2.75, 3.05) is 13.7 Å². The minimum absolute atomic E-state index is 0.291. The number of rotatable bonds is 6. The molecule has 0 radical (unpaired) electrons. The molecule has 116 valence electrons. The van der Waals surface area contributed by atoms with E-state index in [2.05, 4.69) is 20.7 Å². The van der Waals surface area contributed by atoms with E-state index in [0.717, 1.165) is 11.3 Å². The number of hydrazone groups is 1. The molecule has 0 fully saturated rings. The van der Waals surface area contributed by atoms with Crippen LogP contribution in [0.4, 0.5) is 0 Å². The second-order valence-electron chi connectivity index (χ2n) is 4.48. The number of carbonyl (C=O) groups excluding carboxylic acids is 1. The van der Waals surface area contributed by atoms with Crippen LogP contribution in [0.1, 0.15) is 28.7 Å². The Balaban J connectivity index is 2.03. The summed E-state index contributed by atoms with van der Waals surface area (Å²) < 4.78 is 10.7. The number of aromatic amines is 1. The first-order valence-corrected chi connectivity index (χ1v) is 6.80. The molecule has 0 spiro atoms. The van der Waals surface area contributed by atoms with Crippen LogP contribution in [-0.4, -0.2) is 36.0 Å². The number of hydrogen-bond donors (Lipinski definition) is 2. The highest BCUT2D eigenvalue weighted by molar-refractivity contribution is 5.93. The van der Waals surface area contributed by atoms with Crippen molar-refractivity contribution in [1.29, 1.82) is 0 Å². The minimum Gasteiger partial charge on any atom is -0.493 e. The van der Waals surface area contributed by atoms with Gasteiger partial charge in [0.2, 0.25) is 0 Å². The zero-order valence-corrected chi connectivity index (χ0v) is 12.7. The summed E-state index contributed by atoms with van der Waals surface area (Å²) in [5.74, 6) is 0.900. The third-order valence-corrected chi connectivity index (χ3v) is 2.81. The van der Waals surface area contributed by atoms with Gasteiger partial charge in [-0.3, -0.25) is 9.89 Å². The van der Waals surface area contributed by atoms with Crippen molar-refractivity contribution in [1.82, 2.24) is 15.6 Å². The van der Waals surface area contributed by atoms with Crippen LogP contribution >= 0.6 is 0 Å². The van der Waals surface area contributed by atoms with Gasteiger partial charge in [-0.05, 0) is 43.7 Å². The lowest BCUT2D eigenvalue weighted by molar-refractivity contribution is 0.0950. The molecule has 0 saturated carbocycles. The Kier molecular flexibility index (Phi) is 5.13. The minimum atomic E-state index is -0.376. The molecule has 0 unspecified atom stereocenters. The average molecular weight is 302 g/mol. The molecule has 0 bridgehead atoms. The van der Waals surface area contributed by atoms with Gasteiger partial charge in [0, 0.05) is 5.69 Å². The highest BCUT2D eigenvalue weighted by atomic mass is 16.5. The highest BCUT2D eigenvalue weighted by Gasteiger charge is 2.08. The summed E-state index contributed by atoms with van der Waals surface area (Å²) in [5.41, 5.74) is 4.30. The van der Waals surface area contributed by atoms with Gasteiger partial charge in [-0.1, -0.05) is 0 Å². The number of carbonyl (C=O) groups is 1. The first-order chi connectivity index (χ1) is 10.6. The number of aromatic nitrogens is 2. The molecule has 0 aliphatic carbocycles. The Hall–Kier alpha value is -2.83. The lowest BCUT2D eigenvalue weighted by atomic mass is 10.2. The maximum Gasteiger partial charge on any atom is 0.291 e. The van der Waals surface area contributed by atoms with E-state index in [0.29, 0.717) is 23.8 Å². The van der Waals surface area contributed by atoms with Crippen LogP contribution in [0.5, 0.6) is 11.5 Å². The van der Waals surface area contributed by atoms with E-state index in [9.17, 15) is 4.79 Å². The van der Waals surface area contributed by atoms with Crippen LogP contribution in [0.15, 0.2) is 29.4 Å². The van der Waals surface area contributed by atoms with Crippen LogP contribution in [0.3, 0.4) is 0 Å². The maximum atomic E-state index is 11.8. The first-order valence-electron chi connectivity index (χ1n) is 6.80. The van der Waals surface area contributed by atoms with Gasteiger partial charge in [0.15, 0.2) is 17.2 Å². The van der Waals surface area contributed by atoms with Crippen molar-refractivity contribution >= 4 is 12.1 Å². The largest absolute Gasteiger partial charge is 0.493 e. The topological polar surface area (TPSA) is 88.6 Å². The van der Waals surface area contributed by atoms with Crippen molar-refractivity contribution in [3.63, 3.8) is 0 Å². The summed E-state index contributed by atoms with van der Waals surface area (Å²) in [6.45, 7) is 4.25. The Morgan fingerprint density at radius 2 is 2.23 bits per heavy atom. The Morgan fingerprint density at radius 1 is 1.41 bits per heavy atom. The number of hydrogen-bond acceptors (Lipinski definition) is 5. The Bertz CT molecular complexity index is 679. The highest BCUT2D eigenvalue weighted by Crippen LogP contribution is 2.27. The molecule has 0 aliphatic rings. The van der Waals surface area contributed by atoms with Gasteiger partial charge in [-0.25, -0.2) is 5.43 Å². The normalized spacial score (nSPS) is 10.7. The van der Waals surface area contributed by atoms with Crippen LogP contribution in [0.2, 0.25) is 0 Å². The Morgan fingerprint density at radius 3 is 2.86 bits per heavy atom. The lowest BCUT2D eigenvalue weighted by Crippen LogP contribution is -2.18. The summed E-state index contributed by atoms with van der Waals surface area (Å²) in [7, 11) is 1.58. The lowest BCUT2D eigenvalue weighted by Gasteiger charge is -2.09. The van der Waals surface area contributed by atoms with Crippen LogP contribution in [0.25, 0.3) is 0 Å². The number of methoxy groups -OCH3 is 1. The van der Waals surface area contributed by atoms with Gasteiger partial charge in [0.05, 0.1) is 19.9 Å². The van der Waals surface area contributed by atoms with Crippen molar-refractivity contribution < 1.29 is 14.3 Å². The molecule has 22 heavy (non-hydrogen) atoms. The summed E-state index contributed by atoms with van der Waals surface area (Å²) in [6, 6.07) is 7.03. The van der Waals surface area contributed by atoms with Crippen molar-refractivity contribution in [3.05, 3.63) is 41.2 Å². The van der Waals surface area contributed by atoms with E-state index >= 15 is 0 Å². The summed E-state index contributed by atoms with van der Waals surface area (Å²) in [5, 5.41) is 10.5.